The van der Waals surface area contributed by atoms with E-state index < -0.39 is 11.7 Å². The molecule has 0 atom stereocenters. The molecular weight excluding hydrogens is 361 g/mol. The molecule has 0 spiro atoms. The third-order valence-electron chi connectivity index (χ3n) is 2.91. The summed E-state index contributed by atoms with van der Waals surface area (Å²) in [7, 11) is 0. The highest BCUT2D eigenvalue weighted by Crippen LogP contribution is 2.12. The van der Waals surface area contributed by atoms with Crippen LogP contribution in [-0.2, 0) is 11.3 Å². The highest BCUT2D eigenvalue weighted by molar-refractivity contribution is 9.10. The number of anilines is 1. The van der Waals surface area contributed by atoms with E-state index in [0.29, 0.717) is 12.2 Å². The third kappa shape index (κ3) is 5.24. The average Bonchev–Trinajstić information content (AvgIpc) is 2.54. The van der Waals surface area contributed by atoms with Gasteiger partial charge in [0.15, 0.2) is 0 Å². The summed E-state index contributed by atoms with van der Waals surface area (Å²) in [4.78, 5) is 12.0. The maximum Gasteiger partial charge on any atom is 0.267 e. The topological polar surface area (TPSA) is 64.9 Å². The van der Waals surface area contributed by atoms with Gasteiger partial charge in [-0.05, 0) is 42.0 Å². The van der Waals surface area contributed by atoms with Crippen LogP contribution in [0, 0.1) is 17.1 Å². The number of hydrogen-bond acceptors (Lipinski definition) is 3. The Kier molecular flexibility index (Phi) is 5.89. The van der Waals surface area contributed by atoms with Crippen LogP contribution in [-0.4, -0.2) is 5.91 Å². The summed E-state index contributed by atoms with van der Waals surface area (Å²) in [6, 6.07) is 14.8. The second kappa shape index (κ2) is 8.11. The lowest BCUT2D eigenvalue weighted by Gasteiger charge is -2.05. The largest absolute Gasteiger partial charge is 0.386 e. The second-order valence-corrected chi connectivity index (χ2v) is 5.56. The molecule has 2 rings (SSSR count). The molecule has 0 bridgehead atoms. The molecule has 23 heavy (non-hydrogen) atoms. The number of benzene rings is 2. The van der Waals surface area contributed by atoms with Gasteiger partial charge in [0.05, 0.1) is 0 Å². The average molecular weight is 374 g/mol. The highest BCUT2D eigenvalue weighted by atomic mass is 79.9. The summed E-state index contributed by atoms with van der Waals surface area (Å²) >= 11 is 3.38. The maximum absolute atomic E-state index is 12.8. The summed E-state index contributed by atoms with van der Waals surface area (Å²) in [5.74, 6) is -0.949. The molecule has 0 aromatic heterocycles. The van der Waals surface area contributed by atoms with E-state index in [1.54, 1.807) is 0 Å². The number of nitrogens with one attached hydrogen (secondary N) is 2. The summed E-state index contributed by atoms with van der Waals surface area (Å²) in [5.41, 5.74) is 1.36. The number of carbonyl (C=O) groups excluding carboxylic acids is 1. The molecule has 0 aliphatic carbocycles. The molecule has 1 amide bonds. The first-order valence-electron chi connectivity index (χ1n) is 6.73. The van der Waals surface area contributed by atoms with Gasteiger partial charge in [-0.15, -0.1) is 0 Å². The Morgan fingerprint density at radius 3 is 2.65 bits per heavy atom. The van der Waals surface area contributed by atoms with E-state index >= 15 is 0 Å². The second-order valence-electron chi connectivity index (χ2n) is 4.64. The van der Waals surface area contributed by atoms with Gasteiger partial charge in [0.25, 0.3) is 5.91 Å². The number of nitrogens with zero attached hydrogens (tertiary/aromatic N) is 1. The Morgan fingerprint density at radius 2 is 2.00 bits per heavy atom. The molecule has 0 saturated carbocycles. The highest BCUT2D eigenvalue weighted by Gasteiger charge is 2.09. The van der Waals surface area contributed by atoms with Gasteiger partial charge in [-0.1, -0.05) is 28.1 Å². The molecule has 0 saturated heterocycles. The molecule has 0 fully saturated rings. The summed E-state index contributed by atoms with van der Waals surface area (Å²) in [6.45, 7) is 0.481. The summed E-state index contributed by atoms with van der Waals surface area (Å²) in [6.07, 6.45) is 1.36. The van der Waals surface area contributed by atoms with Crippen molar-refractivity contribution in [3.05, 3.63) is 76.2 Å². The zero-order chi connectivity index (χ0) is 16.7. The van der Waals surface area contributed by atoms with Crippen LogP contribution >= 0.6 is 15.9 Å². The van der Waals surface area contributed by atoms with Crippen molar-refractivity contribution in [3.8, 4) is 6.07 Å². The van der Waals surface area contributed by atoms with Crippen LogP contribution < -0.4 is 10.6 Å². The Bertz CT molecular complexity index is 766. The van der Waals surface area contributed by atoms with Crippen molar-refractivity contribution in [3.63, 3.8) is 0 Å². The molecule has 0 unspecified atom stereocenters. The Labute approximate surface area is 141 Å². The smallest absolute Gasteiger partial charge is 0.267 e. The number of halogens is 2. The van der Waals surface area contributed by atoms with Crippen LogP contribution in [0.5, 0.6) is 0 Å². The fourth-order valence-electron chi connectivity index (χ4n) is 1.80. The van der Waals surface area contributed by atoms with Crippen LogP contribution in [0.4, 0.5) is 10.1 Å². The summed E-state index contributed by atoms with van der Waals surface area (Å²) in [5, 5.41) is 14.5. The van der Waals surface area contributed by atoms with E-state index in [4.69, 9.17) is 5.26 Å². The van der Waals surface area contributed by atoms with Crippen molar-refractivity contribution in [1.29, 1.82) is 5.26 Å². The van der Waals surface area contributed by atoms with E-state index in [1.165, 1.54) is 30.5 Å². The van der Waals surface area contributed by atoms with Crippen molar-refractivity contribution in [2.75, 3.05) is 5.32 Å². The van der Waals surface area contributed by atoms with E-state index in [0.717, 1.165) is 10.0 Å². The van der Waals surface area contributed by atoms with Crippen LogP contribution in [0.15, 0.2) is 64.8 Å². The van der Waals surface area contributed by atoms with Gasteiger partial charge < -0.3 is 10.6 Å². The molecule has 116 valence electrons. The number of rotatable bonds is 5. The molecule has 4 nitrogen and oxygen atoms in total. The van der Waals surface area contributed by atoms with Crippen LogP contribution in [0.25, 0.3) is 0 Å². The molecule has 0 radical (unpaired) electrons. The minimum atomic E-state index is -0.555. The first-order chi connectivity index (χ1) is 11.1. The lowest BCUT2D eigenvalue weighted by atomic mass is 10.2. The van der Waals surface area contributed by atoms with Crippen molar-refractivity contribution >= 4 is 27.5 Å². The molecule has 2 aromatic carbocycles. The molecular formula is C17H13BrFN3O. The molecule has 0 aliphatic rings. The van der Waals surface area contributed by atoms with Gasteiger partial charge in [0.1, 0.15) is 17.5 Å². The lowest BCUT2D eigenvalue weighted by Crippen LogP contribution is -2.16. The Morgan fingerprint density at radius 1 is 1.26 bits per heavy atom. The van der Waals surface area contributed by atoms with Crippen LogP contribution in [0.2, 0.25) is 0 Å². The minimum absolute atomic E-state index is 0.0654. The normalized spacial score (nSPS) is 10.7. The van der Waals surface area contributed by atoms with Gasteiger partial charge in [-0.3, -0.25) is 4.79 Å². The zero-order valence-corrected chi connectivity index (χ0v) is 13.6. The van der Waals surface area contributed by atoms with Crippen molar-refractivity contribution in [2.45, 2.75) is 6.54 Å². The van der Waals surface area contributed by atoms with Gasteiger partial charge in [0, 0.05) is 22.9 Å². The molecule has 2 N–H and O–H groups in total. The van der Waals surface area contributed by atoms with Crippen molar-refractivity contribution in [1.82, 2.24) is 5.32 Å². The SMILES string of the molecule is N#C/C(=C/NCc1cccc(Br)c1)C(=O)Nc1ccc(F)cc1. The number of nitriles is 1. The minimum Gasteiger partial charge on any atom is -0.386 e. The molecule has 2 aromatic rings. The number of amides is 1. The van der Waals surface area contributed by atoms with E-state index in [1.807, 2.05) is 30.3 Å². The Balaban J connectivity index is 1.96. The van der Waals surface area contributed by atoms with Crippen LogP contribution in [0.3, 0.4) is 0 Å². The van der Waals surface area contributed by atoms with Gasteiger partial charge in [-0.2, -0.15) is 5.26 Å². The third-order valence-corrected chi connectivity index (χ3v) is 3.40. The predicted octanol–water partition coefficient (Wildman–Crippen LogP) is 3.72. The molecule has 0 aliphatic heterocycles. The van der Waals surface area contributed by atoms with Crippen molar-refractivity contribution in [2.24, 2.45) is 0 Å². The van der Waals surface area contributed by atoms with E-state index in [2.05, 4.69) is 26.6 Å². The van der Waals surface area contributed by atoms with Crippen LogP contribution in [0.1, 0.15) is 5.56 Å². The van der Waals surface area contributed by atoms with Gasteiger partial charge >= 0.3 is 0 Å². The van der Waals surface area contributed by atoms with Crippen molar-refractivity contribution < 1.29 is 9.18 Å². The van der Waals surface area contributed by atoms with E-state index in [9.17, 15) is 9.18 Å². The zero-order valence-electron chi connectivity index (χ0n) is 12.0. The molecule has 0 heterocycles. The Hall–Kier alpha value is -2.65. The standard InChI is InChI=1S/C17H13BrFN3O/c18-14-3-1-2-12(8-14)10-21-11-13(9-20)17(23)22-16-6-4-15(19)5-7-16/h1-8,11,21H,10H2,(H,22,23)/b13-11-. The van der Waals surface area contributed by atoms with E-state index in [-0.39, 0.29) is 5.57 Å². The lowest BCUT2D eigenvalue weighted by molar-refractivity contribution is -0.112. The fraction of sp³-hybridized carbons (Fsp3) is 0.0588. The van der Waals surface area contributed by atoms with Gasteiger partial charge in [-0.25, -0.2) is 4.39 Å². The molecule has 6 heteroatoms. The monoisotopic (exact) mass is 373 g/mol. The van der Waals surface area contributed by atoms with Gasteiger partial charge in [0.2, 0.25) is 0 Å². The predicted molar refractivity (Wildman–Crippen MR) is 89.7 cm³/mol. The first kappa shape index (κ1) is 16.7. The summed E-state index contributed by atoms with van der Waals surface area (Å²) < 4.78 is 13.8. The maximum atomic E-state index is 12.8. The fourth-order valence-corrected chi connectivity index (χ4v) is 2.24. The number of hydrogen-bond donors (Lipinski definition) is 2. The number of carbonyl (C=O) groups is 1. The quantitative estimate of drug-likeness (QED) is 0.619. The first-order valence-corrected chi connectivity index (χ1v) is 7.53.